The zero-order chi connectivity index (χ0) is 8.27. The molecule has 0 aliphatic heterocycles. The lowest BCUT2D eigenvalue weighted by Crippen LogP contribution is -2.32. The lowest BCUT2D eigenvalue weighted by Gasteiger charge is -1.97. The molecular formula is C8H11BrNO+. The first-order chi connectivity index (χ1) is 5.27. The van der Waals surface area contributed by atoms with Crippen molar-refractivity contribution in [3.63, 3.8) is 0 Å². The SMILES string of the molecule is CCc1cc[n+](CO)cc1Br. The number of hydrogen-bond acceptors (Lipinski definition) is 1. The minimum Gasteiger partial charge on any atom is -0.339 e. The molecule has 0 bridgehead atoms. The number of aliphatic hydroxyl groups is 1. The van der Waals surface area contributed by atoms with E-state index in [0.717, 1.165) is 10.9 Å². The Bertz CT molecular complexity index is 250. The van der Waals surface area contributed by atoms with Gasteiger partial charge in [0, 0.05) is 6.07 Å². The average Bonchev–Trinajstić information content (AvgIpc) is 2.04. The van der Waals surface area contributed by atoms with E-state index in [2.05, 4.69) is 22.9 Å². The summed E-state index contributed by atoms with van der Waals surface area (Å²) in [5, 5.41) is 8.77. The van der Waals surface area contributed by atoms with Gasteiger partial charge in [-0.2, -0.15) is 4.57 Å². The maximum absolute atomic E-state index is 8.77. The highest BCUT2D eigenvalue weighted by molar-refractivity contribution is 9.10. The standard InChI is InChI=1S/C8H11BrNO/c1-2-7-3-4-10(6-11)5-8(7)9/h3-5,11H,2,6H2,1H3/q+1. The quantitative estimate of drug-likeness (QED) is 0.740. The fourth-order valence-electron chi connectivity index (χ4n) is 0.912. The summed E-state index contributed by atoms with van der Waals surface area (Å²) < 4.78 is 2.76. The molecule has 0 aliphatic carbocycles. The van der Waals surface area contributed by atoms with Crippen LogP contribution in [0, 0.1) is 0 Å². The van der Waals surface area contributed by atoms with Gasteiger partial charge >= 0.3 is 0 Å². The lowest BCUT2D eigenvalue weighted by molar-refractivity contribution is -0.730. The van der Waals surface area contributed by atoms with E-state index in [1.807, 2.05) is 18.5 Å². The van der Waals surface area contributed by atoms with Crippen LogP contribution in [0.2, 0.25) is 0 Å². The first kappa shape index (κ1) is 8.68. The van der Waals surface area contributed by atoms with Crippen molar-refractivity contribution < 1.29 is 9.67 Å². The predicted octanol–water partition coefficient (Wildman–Crippen LogP) is 1.25. The highest BCUT2D eigenvalue weighted by Gasteiger charge is 2.03. The number of halogens is 1. The molecule has 1 N–H and O–H groups in total. The average molecular weight is 217 g/mol. The van der Waals surface area contributed by atoms with Crippen molar-refractivity contribution in [2.24, 2.45) is 0 Å². The van der Waals surface area contributed by atoms with Gasteiger partial charge in [-0.1, -0.05) is 6.92 Å². The van der Waals surface area contributed by atoms with Gasteiger partial charge in [0.1, 0.15) is 0 Å². The van der Waals surface area contributed by atoms with Crippen LogP contribution in [-0.2, 0) is 13.2 Å². The van der Waals surface area contributed by atoms with Crippen molar-refractivity contribution in [2.75, 3.05) is 0 Å². The Kier molecular flexibility index (Phi) is 3.02. The van der Waals surface area contributed by atoms with Crippen LogP contribution in [0.5, 0.6) is 0 Å². The van der Waals surface area contributed by atoms with Gasteiger partial charge < -0.3 is 5.11 Å². The highest BCUT2D eigenvalue weighted by Crippen LogP contribution is 2.13. The monoisotopic (exact) mass is 216 g/mol. The number of rotatable bonds is 2. The van der Waals surface area contributed by atoms with Gasteiger partial charge in [-0.15, -0.1) is 0 Å². The molecule has 0 saturated carbocycles. The zero-order valence-corrected chi connectivity index (χ0v) is 8.00. The molecule has 0 amide bonds. The first-order valence-electron chi connectivity index (χ1n) is 3.56. The van der Waals surface area contributed by atoms with E-state index >= 15 is 0 Å². The molecule has 1 aromatic rings. The Morgan fingerprint density at radius 3 is 2.82 bits per heavy atom. The Balaban J connectivity index is 2.99. The summed E-state index contributed by atoms with van der Waals surface area (Å²) in [7, 11) is 0. The van der Waals surface area contributed by atoms with Crippen LogP contribution in [0.4, 0.5) is 0 Å². The highest BCUT2D eigenvalue weighted by atomic mass is 79.9. The second-order valence-corrected chi connectivity index (χ2v) is 3.18. The summed E-state index contributed by atoms with van der Waals surface area (Å²) in [6, 6.07) is 2.00. The number of aryl methyl sites for hydroxylation is 1. The molecule has 0 atom stereocenters. The molecule has 1 rings (SSSR count). The molecule has 0 spiro atoms. The van der Waals surface area contributed by atoms with Gasteiger partial charge in [0.25, 0.3) is 0 Å². The molecule has 3 heteroatoms. The van der Waals surface area contributed by atoms with Crippen LogP contribution >= 0.6 is 15.9 Å². The molecule has 0 saturated heterocycles. The largest absolute Gasteiger partial charge is 0.339 e. The minimum absolute atomic E-state index is 0.0304. The van der Waals surface area contributed by atoms with Crippen LogP contribution in [-0.4, -0.2) is 5.11 Å². The van der Waals surface area contributed by atoms with Gasteiger partial charge in [-0.3, -0.25) is 0 Å². The van der Waals surface area contributed by atoms with Gasteiger partial charge in [0.05, 0.1) is 4.47 Å². The van der Waals surface area contributed by atoms with Crippen molar-refractivity contribution in [3.8, 4) is 0 Å². The van der Waals surface area contributed by atoms with Crippen LogP contribution in [0.25, 0.3) is 0 Å². The normalized spacial score (nSPS) is 10.1. The van der Waals surface area contributed by atoms with E-state index in [0.29, 0.717) is 0 Å². The zero-order valence-electron chi connectivity index (χ0n) is 6.42. The third kappa shape index (κ3) is 2.01. The molecule has 0 radical (unpaired) electrons. The van der Waals surface area contributed by atoms with Gasteiger partial charge in [-0.25, -0.2) is 0 Å². The summed E-state index contributed by atoms with van der Waals surface area (Å²) in [5.74, 6) is 0. The van der Waals surface area contributed by atoms with Crippen LogP contribution < -0.4 is 4.57 Å². The molecule has 60 valence electrons. The van der Waals surface area contributed by atoms with Gasteiger partial charge in [0.2, 0.25) is 6.73 Å². The fraction of sp³-hybridized carbons (Fsp3) is 0.375. The Labute approximate surface area is 74.6 Å². The number of pyridine rings is 1. The topological polar surface area (TPSA) is 24.1 Å². The molecule has 0 fully saturated rings. The van der Waals surface area contributed by atoms with Gasteiger partial charge in [-0.05, 0) is 27.9 Å². The molecule has 0 unspecified atom stereocenters. The minimum atomic E-state index is 0.0304. The second-order valence-electron chi connectivity index (χ2n) is 2.33. The smallest absolute Gasteiger partial charge is 0.250 e. The Hall–Kier alpha value is -0.410. The maximum Gasteiger partial charge on any atom is 0.250 e. The van der Waals surface area contributed by atoms with Crippen molar-refractivity contribution in [1.82, 2.24) is 0 Å². The summed E-state index contributed by atoms with van der Waals surface area (Å²) in [6.07, 6.45) is 4.75. The van der Waals surface area contributed by atoms with E-state index in [-0.39, 0.29) is 6.73 Å². The summed E-state index contributed by atoms with van der Waals surface area (Å²) in [4.78, 5) is 0. The number of aromatic nitrogens is 1. The molecular weight excluding hydrogens is 206 g/mol. The number of hydrogen-bond donors (Lipinski definition) is 1. The third-order valence-corrected chi connectivity index (χ3v) is 2.31. The first-order valence-corrected chi connectivity index (χ1v) is 4.35. The lowest BCUT2D eigenvalue weighted by atomic mass is 10.2. The molecule has 11 heavy (non-hydrogen) atoms. The number of nitrogens with zero attached hydrogens (tertiary/aromatic N) is 1. The molecule has 0 aromatic carbocycles. The Morgan fingerprint density at radius 1 is 1.64 bits per heavy atom. The van der Waals surface area contributed by atoms with Crippen molar-refractivity contribution >= 4 is 15.9 Å². The van der Waals surface area contributed by atoms with Crippen molar-refractivity contribution in [2.45, 2.75) is 20.1 Å². The number of aliphatic hydroxyl groups excluding tert-OH is 1. The predicted molar refractivity (Wildman–Crippen MR) is 45.9 cm³/mol. The van der Waals surface area contributed by atoms with Crippen LogP contribution in [0.1, 0.15) is 12.5 Å². The van der Waals surface area contributed by atoms with E-state index in [9.17, 15) is 0 Å². The van der Waals surface area contributed by atoms with Crippen molar-refractivity contribution in [1.29, 1.82) is 0 Å². The van der Waals surface area contributed by atoms with Crippen LogP contribution in [0.3, 0.4) is 0 Å². The van der Waals surface area contributed by atoms with E-state index < -0.39 is 0 Å². The summed E-state index contributed by atoms with van der Waals surface area (Å²) in [5.41, 5.74) is 1.26. The maximum atomic E-state index is 8.77. The van der Waals surface area contributed by atoms with E-state index in [4.69, 9.17) is 5.11 Å². The third-order valence-electron chi connectivity index (χ3n) is 1.60. The van der Waals surface area contributed by atoms with Crippen LogP contribution in [0.15, 0.2) is 22.9 Å². The molecule has 1 heterocycles. The molecule has 1 aromatic heterocycles. The fourth-order valence-corrected chi connectivity index (χ4v) is 1.59. The second kappa shape index (κ2) is 3.83. The summed E-state index contributed by atoms with van der Waals surface area (Å²) >= 11 is 3.42. The van der Waals surface area contributed by atoms with Gasteiger partial charge in [0.15, 0.2) is 12.4 Å². The Morgan fingerprint density at radius 2 is 2.36 bits per heavy atom. The summed E-state index contributed by atoms with van der Waals surface area (Å²) in [6.45, 7) is 2.13. The van der Waals surface area contributed by atoms with E-state index in [1.165, 1.54) is 5.56 Å². The molecule has 0 aliphatic rings. The molecule has 2 nitrogen and oxygen atoms in total. The van der Waals surface area contributed by atoms with Crippen molar-refractivity contribution in [3.05, 3.63) is 28.5 Å². The van der Waals surface area contributed by atoms with E-state index in [1.54, 1.807) is 4.57 Å².